The van der Waals surface area contributed by atoms with Crippen LogP contribution < -0.4 is 0 Å². The first-order valence-electron chi connectivity index (χ1n) is 9.75. The fourth-order valence-electron chi connectivity index (χ4n) is 5.84. The molecule has 3 fully saturated rings. The number of hydrogen-bond donors (Lipinski definition) is 0. The van der Waals surface area contributed by atoms with Crippen LogP contribution in [0.15, 0.2) is 24.4 Å². The second kappa shape index (κ2) is 6.43. The van der Waals surface area contributed by atoms with Gasteiger partial charge in [-0.05, 0) is 56.1 Å². The van der Waals surface area contributed by atoms with Crippen LogP contribution in [0.1, 0.15) is 63.5 Å². The Morgan fingerprint density at radius 2 is 1.64 bits per heavy atom. The molecule has 4 rings (SSSR count). The Balaban J connectivity index is 1.81. The highest BCUT2D eigenvalue weighted by Gasteiger charge is 2.61. The fraction of sp³-hybridized carbons (Fsp3) is 0.667. The number of nitrogens with zero attached hydrogens (tertiary/aromatic N) is 4. The molecule has 3 aliphatic rings. The molecule has 1 aliphatic heterocycles. The van der Waals surface area contributed by atoms with Gasteiger partial charge in [0.2, 0.25) is 0 Å². The number of hydrogen-bond acceptors (Lipinski definition) is 4. The Morgan fingerprint density at radius 1 is 1.00 bits per heavy atom. The molecule has 4 heteroatoms. The smallest absolute Gasteiger partial charge is 0.113 e. The van der Waals surface area contributed by atoms with E-state index in [0.717, 1.165) is 50.6 Å². The van der Waals surface area contributed by atoms with Crippen LogP contribution in [0.3, 0.4) is 0 Å². The topological polar surface area (TPSA) is 63.7 Å². The molecule has 1 aromatic heterocycles. The molecular formula is C21H26N4. The third kappa shape index (κ3) is 2.47. The Hall–Kier alpha value is -1.91. The number of likely N-dealkylation sites (tertiary alicyclic amines) is 1. The number of rotatable bonds is 2. The summed E-state index contributed by atoms with van der Waals surface area (Å²) in [5, 5.41) is 20.6. The zero-order valence-electron chi connectivity index (χ0n) is 14.8. The molecule has 0 radical (unpaired) electrons. The number of piperidine rings is 1. The van der Waals surface area contributed by atoms with Crippen molar-refractivity contribution in [3.05, 3.63) is 30.1 Å². The summed E-state index contributed by atoms with van der Waals surface area (Å²) >= 11 is 0. The van der Waals surface area contributed by atoms with Gasteiger partial charge in [0.1, 0.15) is 11.1 Å². The van der Waals surface area contributed by atoms with E-state index in [-0.39, 0.29) is 0 Å². The normalized spacial score (nSPS) is 38.0. The van der Waals surface area contributed by atoms with E-state index in [1.54, 1.807) is 0 Å². The van der Waals surface area contributed by atoms with Gasteiger partial charge in [0.15, 0.2) is 0 Å². The van der Waals surface area contributed by atoms with E-state index in [1.165, 1.54) is 12.8 Å². The van der Waals surface area contributed by atoms with E-state index < -0.39 is 11.1 Å². The van der Waals surface area contributed by atoms with Gasteiger partial charge in [0, 0.05) is 12.7 Å². The van der Waals surface area contributed by atoms with Crippen LogP contribution in [-0.2, 0) is 6.54 Å². The summed E-state index contributed by atoms with van der Waals surface area (Å²) in [6.45, 7) is 0.620. The lowest BCUT2D eigenvalue weighted by Crippen LogP contribution is -2.70. The van der Waals surface area contributed by atoms with Crippen LogP contribution in [0.4, 0.5) is 0 Å². The van der Waals surface area contributed by atoms with E-state index in [2.05, 4.69) is 22.0 Å². The summed E-state index contributed by atoms with van der Waals surface area (Å²) in [4.78, 5) is 6.84. The van der Waals surface area contributed by atoms with E-state index in [0.29, 0.717) is 18.4 Å². The maximum atomic E-state index is 10.3. The van der Waals surface area contributed by atoms with E-state index >= 15 is 0 Å². The molecule has 0 unspecified atom stereocenters. The minimum absolute atomic E-state index is 0.402. The molecule has 130 valence electrons. The maximum Gasteiger partial charge on any atom is 0.113 e. The van der Waals surface area contributed by atoms with E-state index in [4.69, 9.17) is 0 Å². The van der Waals surface area contributed by atoms with Gasteiger partial charge in [0.25, 0.3) is 0 Å². The van der Waals surface area contributed by atoms with Crippen LogP contribution in [-0.4, -0.2) is 21.0 Å². The van der Waals surface area contributed by atoms with Gasteiger partial charge in [-0.15, -0.1) is 0 Å². The Labute approximate surface area is 150 Å². The first-order chi connectivity index (χ1) is 12.2. The first-order valence-corrected chi connectivity index (χ1v) is 9.75. The molecule has 2 aliphatic carbocycles. The summed E-state index contributed by atoms with van der Waals surface area (Å²) in [6, 6.07) is 11.4. The zero-order chi connectivity index (χ0) is 17.3. The minimum atomic E-state index is -0.487. The van der Waals surface area contributed by atoms with Crippen molar-refractivity contribution < 1.29 is 0 Å². The van der Waals surface area contributed by atoms with Gasteiger partial charge in [-0.25, -0.2) is 0 Å². The molecule has 1 aromatic rings. The molecule has 4 nitrogen and oxygen atoms in total. The third-order valence-corrected chi connectivity index (χ3v) is 7.04. The van der Waals surface area contributed by atoms with Crippen molar-refractivity contribution in [3.8, 4) is 12.1 Å². The Bertz CT molecular complexity index is 663. The van der Waals surface area contributed by atoms with Crippen LogP contribution in [0, 0.1) is 34.5 Å². The highest BCUT2D eigenvalue weighted by atomic mass is 15.3. The fourth-order valence-corrected chi connectivity index (χ4v) is 5.84. The van der Waals surface area contributed by atoms with Gasteiger partial charge < -0.3 is 0 Å². The third-order valence-electron chi connectivity index (χ3n) is 7.04. The molecule has 0 spiro atoms. The highest BCUT2D eigenvalue weighted by Crippen LogP contribution is 2.56. The second-order valence-corrected chi connectivity index (χ2v) is 8.10. The molecule has 0 N–H and O–H groups in total. The lowest BCUT2D eigenvalue weighted by molar-refractivity contribution is -0.117. The summed E-state index contributed by atoms with van der Waals surface area (Å²) < 4.78 is 0. The SMILES string of the molecule is N#C[C@]12CCCC[C@@H]1C[C@@H]1CCCC[C@@]1(C#N)N2Cc1ccccn1. The average Bonchev–Trinajstić information content (AvgIpc) is 2.68. The lowest BCUT2D eigenvalue weighted by atomic mass is 9.57. The van der Waals surface area contributed by atoms with Crippen molar-refractivity contribution in [2.45, 2.75) is 75.4 Å². The quantitative estimate of drug-likeness (QED) is 0.813. The standard InChI is InChI=1S/C21H26N4/c22-15-20-10-4-1-7-17(20)13-18-8-2-5-11-21(18,16-23)25(20)14-19-9-3-6-12-24-19/h3,6,9,12,17-18H,1-2,4-5,7-8,10-11,13-14H2/t17-,18+,20-,21+. The Kier molecular flexibility index (Phi) is 4.26. The number of nitriles is 2. The van der Waals surface area contributed by atoms with Gasteiger partial charge in [-0.1, -0.05) is 31.7 Å². The monoisotopic (exact) mass is 334 g/mol. The van der Waals surface area contributed by atoms with E-state index in [1.807, 2.05) is 24.4 Å². The van der Waals surface area contributed by atoms with Gasteiger partial charge in [0.05, 0.1) is 17.8 Å². The van der Waals surface area contributed by atoms with Crippen LogP contribution in [0.2, 0.25) is 0 Å². The molecule has 25 heavy (non-hydrogen) atoms. The van der Waals surface area contributed by atoms with Crippen molar-refractivity contribution in [1.82, 2.24) is 9.88 Å². The molecule has 0 amide bonds. The van der Waals surface area contributed by atoms with Gasteiger partial charge >= 0.3 is 0 Å². The summed E-state index contributed by atoms with van der Waals surface area (Å²) in [7, 11) is 0. The maximum absolute atomic E-state index is 10.3. The summed E-state index contributed by atoms with van der Waals surface area (Å²) in [5.41, 5.74) is 0.000820. The van der Waals surface area contributed by atoms with Gasteiger partial charge in [-0.2, -0.15) is 10.5 Å². The number of pyridine rings is 1. The van der Waals surface area contributed by atoms with Crippen molar-refractivity contribution in [2.75, 3.05) is 0 Å². The minimum Gasteiger partial charge on any atom is -0.261 e. The number of aromatic nitrogens is 1. The lowest BCUT2D eigenvalue weighted by Gasteiger charge is -2.61. The zero-order valence-corrected chi connectivity index (χ0v) is 14.8. The summed E-state index contributed by atoms with van der Waals surface area (Å²) in [5.74, 6) is 0.805. The molecule has 0 aromatic carbocycles. The highest BCUT2D eigenvalue weighted by molar-refractivity contribution is 5.28. The molecular weight excluding hydrogens is 308 g/mol. The van der Waals surface area contributed by atoms with Crippen LogP contribution in [0.5, 0.6) is 0 Å². The largest absolute Gasteiger partial charge is 0.261 e. The number of fused-ring (bicyclic) bond motifs is 2. The van der Waals surface area contributed by atoms with Crippen molar-refractivity contribution in [3.63, 3.8) is 0 Å². The van der Waals surface area contributed by atoms with Crippen molar-refractivity contribution in [2.24, 2.45) is 11.8 Å². The second-order valence-electron chi connectivity index (χ2n) is 8.10. The summed E-state index contributed by atoms with van der Waals surface area (Å²) in [6.07, 6.45) is 11.6. The van der Waals surface area contributed by atoms with Gasteiger partial charge in [-0.3, -0.25) is 9.88 Å². The predicted octanol–water partition coefficient (Wildman–Crippen LogP) is 4.19. The molecule has 2 heterocycles. The van der Waals surface area contributed by atoms with Crippen LogP contribution >= 0.6 is 0 Å². The average molecular weight is 334 g/mol. The van der Waals surface area contributed by atoms with Crippen molar-refractivity contribution >= 4 is 0 Å². The molecule has 1 saturated heterocycles. The first kappa shape index (κ1) is 16.6. The Morgan fingerprint density at radius 3 is 2.16 bits per heavy atom. The predicted molar refractivity (Wildman–Crippen MR) is 95.0 cm³/mol. The van der Waals surface area contributed by atoms with Crippen LogP contribution in [0.25, 0.3) is 0 Å². The molecule has 0 bridgehead atoms. The van der Waals surface area contributed by atoms with Crippen molar-refractivity contribution in [1.29, 1.82) is 10.5 Å². The van der Waals surface area contributed by atoms with E-state index in [9.17, 15) is 10.5 Å². The molecule has 2 saturated carbocycles. The molecule has 4 atom stereocenters.